The third kappa shape index (κ3) is 3.14. The number of carbonyl (C=O) groups excluding carboxylic acids is 1. The normalized spacial score (nSPS) is 28.5. The van der Waals surface area contributed by atoms with E-state index in [4.69, 9.17) is 9.47 Å². The number of nitrogens with zero attached hydrogens (tertiary/aromatic N) is 1. The minimum atomic E-state index is 0.131. The van der Waals surface area contributed by atoms with Gasteiger partial charge < -0.3 is 19.4 Å². The predicted molar refractivity (Wildman–Crippen MR) is 99.1 cm³/mol. The van der Waals surface area contributed by atoms with Crippen molar-refractivity contribution in [3.63, 3.8) is 0 Å². The summed E-state index contributed by atoms with van der Waals surface area (Å²) >= 11 is 0. The Bertz CT molecular complexity index is 797. The van der Waals surface area contributed by atoms with E-state index in [1.165, 1.54) is 12.8 Å². The zero-order valence-corrected chi connectivity index (χ0v) is 15.0. The van der Waals surface area contributed by atoms with E-state index in [9.17, 15) is 4.79 Å². The summed E-state index contributed by atoms with van der Waals surface area (Å²) in [5.41, 5.74) is 1.83. The van der Waals surface area contributed by atoms with Gasteiger partial charge in [0.2, 0.25) is 0 Å². The molecule has 1 amide bonds. The van der Waals surface area contributed by atoms with E-state index in [0.29, 0.717) is 19.1 Å². The summed E-state index contributed by atoms with van der Waals surface area (Å²) in [5, 5.41) is 1.08. The zero-order valence-electron chi connectivity index (χ0n) is 15.0. The van der Waals surface area contributed by atoms with Gasteiger partial charge in [-0.1, -0.05) is 0 Å². The van der Waals surface area contributed by atoms with E-state index in [0.717, 1.165) is 48.4 Å². The van der Waals surface area contributed by atoms with Gasteiger partial charge >= 0.3 is 0 Å². The number of fused-ring (bicyclic) bond motifs is 2. The fourth-order valence-electron chi connectivity index (χ4n) is 4.48. The molecule has 2 aliphatic carbocycles. The van der Waals surface area contributed by atoms with Gasteiger partial charge in [-0.2, -0.15) is 0 Å². The Morgan fingerprint density at radius 2 is 2.08 bits per heavy atom. The molecule has 0 bridgehead atoms. The first kappa shape index (κ1) is 16.3. The lowest BCUT2D eigenvalue weighted by Crippen LogP contribution is -2.51. The molecule has 5 nitrogen and oxygen atoms in total. The number of hydrogen-bond acceptors (Lipinski definition) is 3. The monoisotopic (exact) mass is 354 g/mol. The van der Waals surface area contributed by atoms with Crippen LogP contribution in [0.3, 0.4) is 0 Å². The highest BCUT2D eigenvalue weighted by atomic mass is 16.5. The van der Waals surface area contributed by atoms with E-state index in [1.54, 1.807) is 0 Å². The summed E-state index contributed by atoms with van der Waals surface area (Å²) in [5.74, 6) is 1.44. The van der Waals surface area contributed by atoms with Crippen LogP contribution in [0.25, 0.3) is 10.9 Å². The van der Waals surface area contributed by atoms with Gasteiger partial charge in [0.1, 0.15) is 0 Å². The fourth-order valence-corrected chi connectivity index (χ4v) is 4.48. The largest absolute Gasteiger partial charge is 0.381 e. The minimum absolute atomic E-state index is 0.131. The van der Waals surface area contributed by atoms with Crippen LogP contribution in [0.15, 0.2) is 30.5 Å². The molecule has 5 heteroatoms. The second kappa shape index (κ2) is 6.71. The number of benzene rings is 1. The van der Waals surface area contributed by atoms with Crippen LogP contribution >= 0.6 is 0 Å². The first-order valence-electron chi connectivity index (χ1n) is 9.85. The highest BCUT2D eigenvalue weighted by Crippen LogP contribution is 2.36. The van der Waals surface area contributed by atoms with Gasteiger partial charge in [0, 0.05) is 42.4 Å². The molecule has 0 spiro atoms. The summed E-state index contributed by atoms with van der Waals surface area (Å²) in [7, 11) is 0. The molecule has 26 heavy (non-hydrogen) atoms. The molecule has 3 atom stereocenters. The smallest absolute Gasteiger partial charge is 0.254 e. The van der Waals surface area contributed by atoms with E-state index < -0.39 is 0 Å². The summed E-state index contributed by atoms with van der Waals surface area (Å²) in [4.78, 5) is 18.4. The number of H-pyrrole nitrogens is 1. The third-order valence-electron chi connectivity index (χ3n) is 6.10. The number of aromatic nitrogens is 1. The van der Waals surface area contributed by atoms with Crippen molar-refractivity contribution in [2.75, 3.05) is 26.4 Å². The Kier molecular flexibility index (Phi) is 4.21. The van der Waals surface area contributed by atoms with Crippen molar-refractivity contribution in [1.29, 1.82) is 0 Å². The number of amides is 1. The van der Waals surface area contributed by atoms with Gasteiger partial charge in [0.25, 0.3) is 5.91 Å². The average molecular weight is 354 g/mol. The van der Waals surface area contributed by atoms with Gasteiger partial charge in [-0.3, -0.25) is 4.79 Å². The maximum absolute atomic E-state index is 13.2. The molecule has 1 aliphatic heterocycles. The maximum atomic E-state index is 13.2. The van der Waals surface area contributed by atoms with E-state index in [-0.39, 0.29) is 18.1 Å². The molecule has 2 heterocycles. The van der Waals surface area contributed by atoms with Crippen LogP contribution in [-0.2, 0) is 9.47 Å². The Morgan fingerprint density at radius 1 is 1.19 bits per heavy atom. The van der Waals surface area contributed by atoms with Crippen molar-refractivity contribution in [3.05, 3.63) is 36.0 Å². The number of morpholine rings is 1. The quantitative estimate of drug-likeness (QED) is 0.897. The molecule has 2 aromatic rings. The van der Waals surface area contributed by atoms with Crippen LogP contribution in [0.2, 0.25) is 0 Å². The molecule has 0 radical (unpaired) electrons. The Hall–Kier alpha value is -1.85. The van der Waals surface area contributed by atoms with Crippen LogP contribution in [0, 0.1) is 11.8 Å². The highest BCUT2D eigenvalue weighted by Gasteiger charge is 2.43. The van der Waals surface area contributed by atoms with Gasteiger partial charge in [0.15, 0.2) is 0 Å². The van der Waals surface area contributed by atoms with Crippen LogP contribution in [0.5, 0.6) is 0 Å². The molecule has 1 N–H and O–H groups in total. The number of rotatable bonds is 5. The standard InChI is InChI=1S/C21H26N2O3/c24-21(17-3-4-18-16(11-17)5-6-22-18)23-7-8-26-20-10-15(9-19(20)23)13-25-12-14-1-2-14/h3-6,11,14-15,19-20,22H,1-2,7-10,12-13H2/t15-,19+,20-/m1/s1. The lowest BCUT2D eigenvalue weighted by atomic mass is 10.1. The van der Waals surface area contributed by atoms with Crippen molar-refractivity contribution in [2.24, 2.45) is 11.8 Å². The molecule has 3 aliphatic rings. The molecular weight excluding hydrogens is 328 g/mol. The Labute approximate surface area is 153 Å². The lowest BCUT2D eigenvalue weighted by molar-refractivity contribution is -0.0450. The zero-order chi connectivity index (χ0) is 17.5. The number of carbonyl (C=O) groups is 1. The highest BCUT2D eigenvalue weighted by molar-refractivity contribution is 5.98. The van der Waals surface area contributed by atoms with Gasteiger partial charge in [-0.15, -0.1) is 0 Å². The SMILES string of the molecule is O=C(c1ccc2[nH]ccc2c1)N1CCO[C@@H]2C[C@H](COCC3CC3)C[C@@H]21. The van der Waals surface area contributed by atoms with Crippen molar-refractivity contribution < 1.29 is 14.3 Å². The number of ether oxygens (including phenoxy) is 2. The topological polar surface area (TPSA) is 54.6 Å². The Balaban J connectivity index is 1.27. The van der Waals surface area contributed by atoms with Crippen LogP contribution in [0.1, 0.15) is 36.0 Å². The van der Waals surface area contributed by atoms with Gasteiger partial charge in [-0.05, 0) is 61.8 Å². The van der Waals surface area contributed by atoms with E-state index >= 15 is 0 Å². The van der Waals surface area contributed by atoms with Crippen LogP contribution in [-0.4, -0.2) is 54.3 Å². The first-order valence-corrected chi connectivity index (χ1v) is 9.85. The van der Waals surface area contributed by atoms with Gasteiger partial charge in [0.05, 0.1) is 18.8 Å². The molecule has 138 valence electrons. The molecule has 1 aromatic heterocycles. The molecular formula is C21H26N2O3. The maximum Gasteiger partial charge on any atom is 0.254 e. The summed E-state index contributed by atoms with van der Waals surface area (Å²) in [6.07, 6.45) is 6.73. The van der Waals surface area contributed by atoms with Crippen molar-refractivity contribution >= 4 is 16.8 Å². The third-order valence-corrected chi connectivity index (χ3v) is 6.10. The van der Waals surface area contributed by atoms with Crippen molar-refractivity contribution in [1.82, 2.24) is 9.88 Å². The first-order chi connectivity index (χ1) is 12.8. The van der Waals surface area contributed by atoms with E-state index in [1.807, 2.05) is 35.4 Å². The van der Waals surface area contributed by atoms with Crippen molar-refractivity contribution in [3.8, 4) is 0 Å². The van der Waals surface area contributed by atoms with Crippen LogP contribution in [0.4, 0.5) is 0 Å². The summed E-state index contributed by atoms with van der Waals surface area (Å²) in [6.45, 7) is 3.03. The number of nitrogens with one attached hydrogen (secondary N) is 1. The Morgan fingerprint density at radius 3 is 2.96 bits per heavy atom. The molecule has 0 unspecified atom stereocenters. The molecule has 5 rings (SSSR count). The second-order valence-corrected chi connectivity index (χ2v) is 8.07. The molecule has 1 aromatic carbocycles. The number of hydrogen-bond donors (Lipinski definition) is 1. The molecule has 1 saturated heterocycles. The van der Waals surface area contributed by atoms with E-state index in [2.05, 4.69) is 4.98 Å². The van der Waals surface area contributed by atoms with Crippen molar-refractivity contribution in [2.45, 2.75) is 37.8 Å². The second-order valence-electron chi connectivity index (χ2n) is 8.07. The summed E-state index contributed by atoms with van der Waals surface area (Å²) < 4.78 is 11.9. The fraction of sp³-hybridized carbons (Fsp3) is 0.571. The molecule has 3 fully saturated rings. The average Bonchev–Trinajstić information content (AvgIpc) is 3.19. The molecule has 2 saturated carbocycles. The lowest BCUT2D eigenvalue weighted by Gasteiger charge is -2.37. The van der Waals surface area contributed by atoms with Crippen LogP contribution < -0.4 is 0 Å². The van der Waals surface area contributed by atoms with Gasteiger partial charge in [-0.25, -0.2) is 0 Å². The number of aromatic amines is 1. The predicted octanol–water partition coefficient (Wildman–Crippen LogP) is 3.21. The minimum Gasteiger partial charge on any atom is -0.381 e. The summed E-state index contributed by atoms with van der Waals surface area (Å²) in [6, 6.07) is 8.11.